The summed E-state index contributed by atoms with van der Waals surface area (Å²) in [5.74, 6) is 0.573. The number of halogens is 1. The molecule has 4 aromatic rings. The zero-order valence-corrected chi connectivity index (χ0v) is 20.1. The number of carbonyl (C=O) groups is 1. The lowest BCUT2D eigenvalue weighted by molar-refractivity contribution is 0.0600. The predicted octanol–water partition coefficient (Wildman–Crippen LogP) is 3.87. The Balaban J connectivity index is 1.34. The van der Waals surface area contributed by atoms with Crippen LogP contribution in [0.15, 0.2) is 30.5 Å². The molecule has 1 aromatic carbocycles. The molecule has 0 unspecified atom stereocenters. The van der Waals surface area contributed by atoms with Crippen molar-refractivity contribution in [3.63, 3.8) is 0 Å². The number of piperidine rings is 1. The minimum absolute atomic E-state index is 0.0725. The molecule has 2 aliphatic heterocycles. The van der Waals surface area contributed by atoms with E-state index in [4.69, 9.17) is 15.8 Å². The monoisotopic (exact) mass is 475 g/mol. The largest absolute Gasteiger partial charge is 0.355 e. The van der Waals surface area contributed by atoms with Gasteiger partial charge in [-0.2, -0.15) is 5.10 Å². The first-order valence-corrected chi connectivity index (χ1v) is 12.4. The third-order valence-electron chi connectivity index (χ3n) is 7.49. The molecule has 8 nitrogen and oxygen atoms in total. The van der Waals surface area contributed by atoms with Gasteiger partial charge in [-0.05, 0) is 63.3 Å². The van der Waals surface area contributed by atoms with Gasteiger partial charge < -0.3 is 20.5 Å². The Hall–Kier alpha value is -3.46. The van der Waals surface area contributed by atoms with Gasteiger partial charge in [0.2, 0.25) is 0 Å². The van der Waals surface area contributed by atoms with Crippen LogP contribution < -0.4 is 10.6 Å². The van der Waals surface area contributed by atoms with Gasteiger partial charge >= 0.3 is 0 Å². The van der Waals surface area contributed by atoms with Crippen molar-refractivity contribution in [2.45, 2.75) is 51.6 Å². The third-order valence-corrected chi connectivity index (χ3v) is 7.49. The Morgan fingerprint density at radius 3 is 2.83 bits per heavy atom. The third kappa shape index (κ3) is 3.74. The van der Waals surface area contributed by atoms with E-state index in [1.54, 1.807) is 6.07 Å². The second-order valence-electron chi connectivity index (χ2n) is 9.94. The zero-order valence-electron chi connectivity index (χ0n) is 20.1. The van der Waals surface area contributed by atoms with E-state index in [1.165, 1.54) is 12.1 Å². The summed E-state index contributed by atoms with van der Waals surface area (Å²) in [5.41, 5.74) is 10.8. The average molecular weight is 476 g/mol. The van der Waals surface area contributed by atoms with Gasteiger partial charge in [0.05, 0.1) is 11.7 Å². The van der Waals surface area contributed by atoms with Crippen molar-refractivity contribution in [2.24, 2.45) is 5.73 Å². The maximum Gasteiger partial charge on any atom is 0.271 e. The molecule has 9 heteroatoms. The second-order valence-corrected chi connectivity index (χ2v) is 9.94. The van der Waals surface area contributed by atoms with E-state index in [2.05, 4.69) is 9.88 Å². The van der Waals surface area contributed by atoms with Crippen molar-refractivity contribution < 1.29 is 9.18 Å². The van der Waals surface area contributed by atoms with Crippen molar-refractivity contribution in [2.75, 3.05) is 24.5 Å². The maximum atomic E-state index is 13.8. The van der Waals surface area contributed by atoms with Crippen LogP contribution in [0.25, 0.3) is 16.6 Å². The van der Waals surface area contributed by atoms with Crippen LogP contribution in [0.2, 0.25) is 0 Å². The number of nitrogens with zero attached hydrogens (tertiary/aromatic N) is 5. The molecule has 182 valence electrons. The molecule has 0 saturated carbocycles. The smallest absolute Gasteiger partial charge is 0.271 e. The van der Waals surface area contributed by atoms with Gasteiger partial charge in [-0.15, -0.1) is 0 Å². The number of benzene rings is 1. The van der Waals surface area contributed by atoms with E-state index >= 15 is 0 Å². The topological polar surface area (TPSA) is 95.5 Å². The predicted molar refractivity (Wildman–Crippen MR) is 133 cm³/mol. The minimum Gasteiger partial charge on any atom is -0.355 e. The van der Waals surface area contributed by atoms with Gasteiger partial charge in [0.25, 0.3) is 5.91 Å². The van der Waals surface area contributed by atoms with E-state index in [0.29, 0.717) is 12.2 Å². The van der Waals surface area contributed by atoms with Crippen LogP contribution in [0.1, 0.15) is 59.0 Å². The number of carbonyl (C=O) groups excluding carboxylic acids is 1. The first-order chi connectivity index (χ1) is 16.9. The number of H-pyrrole nitrogens is 1. The molecule has 2 atom stereocenters. The van der Waals surface area contributed by atoms with E-state index in [-0.39, 0.29) is 23.8 Å². The number of aromatic nitrogens is 4. The minimum atomic E-state index is -0.308. The van der Waals surface area contributed by atoms with E-state index in [1.807, 2.05) is 35.5 Å². The summed E-state index contributed by atoms with van der Waals surface area (Å²) in [7, 11) is 0. The molecule has 3 N–H and O–H groups in total. The second kappa shape index (κ2) is 8.34. The van der Waals surface area contributed by atoms with Crippen LogP contribution >= 0.6 is 0 Å². The van der Waals surface area contributed by atoms with Crippen LogP contribution in [0.4, 0.5) is 10.2 Å². The number of nitrogens with two attached hydrogens (primary N) is 1. The molecule has 1 amide bonds. The number of rotatable bonds is 3. The van der Waals surface area contributed by atoms with Gasteiger partial charge in [-0.1, -0.05) is 0 Å². The molecule has 2 saturated heterocycles. The fourth-order valence-corrected chi connectivity index (χ4v) is 5.62. The first-order valence-electron chi connectivity index (χ1n) is 12.4. The summed E-state index contributed by atoms with van der Waals surface area (Å²) in [6, 6.07) is 6.62. The lowest BCUT2D eigenvalue weighted by atomic mass is 9.98. The van der Waals surface area contributed by atoms with Gasteiger partial charge in [-0.25, -0.2) is 13.9 Å². The summed E-state index contributed by atoms with van der Waals surface area (Å²) in [5, 5.41) is 5.58. The molecule has 0 spiro atoms. The SMILES string of the molecule is Cc1cn2nc([C@@H]3CCCCN3C(=O)c3[nH]c4ccc(F)cc4c3C)cc2nc1N1CC[C@H](N)C1. The van der Waals surface area contributed by atoms with Gasteiger partial charge in [-0.3, -0.25) is 4.79 Å². The Morgan fingerprint density at radius 1 is 1.17 bits per heavy atom. The Labute approximate surface area is 202 Å². The molecule has 5 heterocycles. The Kier molecular flexibility index (Phi) is 5.25. The zero-order chi connectivity index (χ0) is 24.3. The molecular formula is C26H30FN7O. The van der Waals surface area contributed by atoms with E-state index in [9.17, 15) is 9.18 Å². The first kappa shape index (κ1) is 22.0. The number of hydrogen-bond donors (Lipinski definition) is 2. The number of anilines is 1. The summed E-state index contributed by atoms with van der Waals surface area (Å²) >= 11 is 0. The summed E-state index contributed by atoms with van der Waals surface area (Å²) in [6.45, 7) is 6.29. The van der Waals surface area contributed by atoms with Crippen molar-refractivity contribution in [3.05, 3.63) is 58.8 Å². The Morgan fingerprint density at radius 2 is 2.03 bits per heavy atom. The summed E-state index contributed by atoms with van der Waals surface area (Å²) in [6.07, 6.45) is 5.80. The number of hydrogen-bond acceptors (Lipinski definition) is 5. The molecule has 0 aliphatic carbocycles. The number of aromatic amines is 1. The summed E-state index contributed by atoms with van der Waals surface area (Å²) < 4.78 is 15.6. The highest BCUT2D eigenvalue weighted by Crippen LogP contribution is 2.34. The van der Waals surface area contributed by atoms with Crippen molar-refractivity contribution in [1.29, 1.82) is 0 Å². The Bertz CT molecular complexity index is 1440. The number of likely N-dealkylation sites (tertiary alicyclic amines) is 1. The average Bonchev–Trinajstić information content (AvgIpc) is 3.55. The van der Waals surface area contributed by atoms with Crippen molar-refractivity contribution >= 4 is 28.3 Å². The quantitative estimate of drug-likeness (QED) is 0.469. The van der Waals surface area contributed by atoms with Crippen molar-refractivity contribution in [3.8, 4) is 0 Å². The number of aryl methyl sites for hydroxylation is 2. The van der Waals surface area contributed by atoms with Crippen LogP contribution in [-0.2, 0) is 0 Å². The van der Waals surface area contributed by atoms with Gasteiger partial charge in [0.1, 0.15) is 17.3 Å². The lowest BCUT2D eigenvalue weighted by Crippen LogP contribution is -2.39. The highest BCUT2D eigenvalue weighted by molar-refractivity contribution is 6.01. The molecule has 6 rings (SSSR count). The molecule has 35 heavy (non-hydrogen) atoms. The number of nitrogens with one attached hydrogen (secondary N) is 1. The molecular weight excluding hydrogens is 445 g/mol. The standard InChI is InChI=1S/C26H30FN7O/c1-15-13-34-23(30-25(15)32-10-8-18(28)14-32)12-21(31-34)22-5-3-4-9-33(22)26(35)24-16(2)19-11-17(27)6-7-20(19)29-24/h6-7,11-13,18,22,29H,3-5,8-10,14,28H2,1-2H3/t18-,22-/m0/s1. The number of fused-ring (bicyclic) bond motifs is 2. The lowest BCUT2D eigenvalue weighted by Gasteiger charge is -2.34. The van der Waals surface area contributed by atoms with E-state index in [0.717, 1.165) is 78.0 Å². The highest BCUT2D eigenvalue weighted by atomic mass is 19.1. The summed E-state index contributed by atoms with van der Waals surface area (Å²) in [4.78, 5) is 26.0. The normalized spacial score (nSPS) is 20.9. The highest BCUT2D eigenvalue weighted by Gasteiger charge is 2.33. The molecule has 2 fully saturated rings. The molecule has 0 radical (unpaired) electrons. The molecule has 3 aromatic heterocycles. The van der Waals surface area contributed by atoms with Crippen LogP contribution in [0.3, 0.4) is 0 Å². The van der Waals surface area contributed by atoms with Crippen LogP contribution in [0.5, 0.6) is 0 Å². The van der Waals surface area contributed by atoms with Crippen LogP contribution in [-0.4, -0.2) is 56.1 Å². The van der Waals surface area contributed by atoms with Gasteiger partial charge in [0, 0.05) is 54.4 Å². The maximum absolute atomic E-state index is 13.8. The van der Waals surface area contributed by atoms with E-state index < -0.39 is 0 Å². The van der Waals surface area contributed by atoms with Crippen LogP contribution in [0, 0.1) is 19.7 Å². The molecule has 0 bridgehead atoms. The fraction of sp³-hybridized carbons (Fsp3) is 0.423. The fourth-order valence-electron chi connectivity index (χ4n) is 5.62. The number of amides is 1. The van der Waals surface area contributed by atoms with Crippen molar-refractivity contribution in [1.82, 2.24) is 24.5 Å². The molecule has 2 aliphatic rings. The van der Waals surface area contributed by atoms with Gasteiger partial charge in [0.15, 0.2) is 5.65 Å².